The molecule has 2 rings (SSSR count). The number of amides is 1. The molecule has 1 aromatic rings. The summed E-state index contributed by atoms with van der Waals surface area (Å²) in [6, 6.07) is 1.06. The van der Waals surface area contributed by atoms with Gasteiger partial charge in [0.25, 0.3) is 5.91 Å². The normalized spacial score (nSPS) is 19.4. The van der Waals surface area contributed by atoms with Gasteiger partial charge in [-0.25, -0.2) is 4.79 Å². The number of carbonyl (C=O) groups excluding carboxylic acids is 1. The van der Waals surface area contributed by atoms with Gasteiger partial charge in [-0.15, -0.1) is 0 Å². The third-order valence-corrected chi connectivity index (χ3v) is 3.81. The molecule has 1 aliphatic rings. The van der Waals surface area contributed by atoms with Crippen molar-refractivity contribution in [2.75, 3.05) is 19.6 Å². The van der Waals surface area contributed by atoms with Gasteiger partial charge in [-0.1, -0.05) is 0 Å². The van der Waals surface area contributed by atoms with Crippen LogP contribution in [0.2, 0.25) is 0 Å². The smallest absolute Gasteiger partial charge is 0.327 e. The third kappa shape index (κ3) is 2.88. The maximum absolute atomic E-state index is 12.6. The fraction of sp³-hybridized carbons (Fsp3) is 0.538. The average Bonchev–Trinajstić information content (AvgIpc) is 2.80. The minimum atomic E-state index is -0.979. The van der Waals surface area contributed by atoms with Crippen molar-refractivity contribution in [3.63, 3.8) is 0 Å². The first-order valence-corrected chi connectivity index (χ1v) is 7.33. The molecule has 1 amide bonds. The van der Waals surface area contributed by atoms with E-state index in [1.807, 2.05) is 24.6 Å². The van der Waals surface area contributed by atoms with Gasteiger partial charge in [0.15, 0.2) is 0 Å². The molecule has 2 N–H and O–H groups in total. The van der Waals surface area contributed by atoms with Crippen LogP contribution in [-0.2, 0) is 4.79 Å². The zero-order chi connectivity index (χ0) is 14.9. The molecular formula is C13H18BrN3O3. The number of aliphatic carboxylic acids is 1. The van der Waals surface area contributed by atoms with Crippen molar-refractivity contribution >= 4 is 27.8 Å². The Bertz CT molecular complexity index is 527. The van der Waals surface area contributed by atoms with Crippen LogP contribution >= 0.6 is 15.9 Å². The van der Waals surface area contributed by atoms with Gasteiger partial charge in [0.1, 0.15) is 11.7 Å². The Morgan fingerprint density at radius 2 is 2.20 bits per heavy atom. The second-order valence-corrected chi connectivity index (χ2v) is 6.02. The Morgan fingerprint density at radius 3 is 2.80 bits per heavy atom. The quantitative estimate of drug-likeness (QED) is 0.868. The lowest BCUT2D eigenvalue weighted by molar-refractivity contribution is -0.142. The van der Waals surface area contributed by atoms with E-state index in [0.717, 1.165) is 4.47 Å². The van der Waals surface area contributed by atoms with Crippen LogP contribution in [0.5, 0.6) is 0 Å². The summed E-state index contributed by atoms with van der Waals surface area (Å²) in [6.45, 7) is 5.26. The number of rotatable bonds is 3. The molecule has 0 radical (unpaired) electrons. The van der Waals surface area contributed by atoms with Gasteiger partial charge in [0, 0.05) is 36.3 Å². The zero-order valence-corrected chi connectivity index (χ0v) is 13.1. The Kier molecular flexibility index (Phi) is 4.49. The first kappa shape index (κ1) is 15.1. The van der Waals surface area contributed by atoms with Gasteiger partial charge in [0.2, 0.25) is 0 Å². The Labute approximate surface area is 125 Å². The number of halogens is 1. The molecule has 1 aliphatic heterocycles. The van der Waals surface area contributed by atoms with Crippen LogP contribution in [0.4, 0.5) is 0 Å². The molecule has 7 heteroatoms. The van der Waals surface area contributed by atoms with Gasteiger partial charge in [-0.2, -0.15) is 0 Å². The SMILES string of the molecule is CC(C)n1cc(Br)cc1C(=O)N1CCNCC1C(=O)O. The second-order valence-electron chi connectivity index (χ2n) is 5.10. The van der Waals surface area contributed by atoms with Crippen molar-refractivity contribution in [1.82, 2.24) is 14.8 Å². The fourth-order valence-corrected chi connectivity index (χ4v) is 2.80. The topological polar surface area (TPSA) is 74.6 Å². The first-order valence-electron chi connectivity index (χ1n) is 6.53. The van der Waals surface area contributed by atoms with Crippen LogP contribution in [0.25, 0.3) is 0 Å². The van der Waals surface area contributed by atoms with Crippen LogP contribution in [0.1, 0.15) is 30.4 Å². The van der Waals surface area contributed by atoms with Gasteiger partial charge in [-0.3, -0.25) is 4.79 Å². The number of carboxylic acid groups (broad SMARTS) is 1. The molecule has 1 fully saturated rings. The van der Waals surface area contributed by atoms with E-state index in [9.17, 15) is 14.7 Å². The molecule has 110 valence electrons. The summed E-state index contributed by atoms with van der Waals surface area (Å²) in [5.74, 6) is -1.22. The number of aromatic nitrogens is 1. The highest BCUT2D eigenvalue weighted by molar-refractivity contribution is 9.10. The summed E-state index contributed by atoms with van der Waals surface area (Å²) in [5, 5.41) is 12.2. The molecule has 0 aromatic carbocycles. The standard InChI is InChI=1S/C13H18BrN3O3/c1-8(2)17-7-9(14)5-10(17)12(18)16-4-3-15-6-11(16)13(19)20/h5,7-8,11,15H,3-4,6H2,1-2H3,(H,19,20). The van der Waals surface area contributed by atoms with E-state index in [1.165, 1.54) is 4.90 Å². The highest BCUT2D eigenvalue weighted by atomic mass is 79.9. The summed E-state index contributed by atoms with van der Waals surface area (Å²) in [7, 11) is 0. The van der Waals surface area contributed by atoms with E-state index in [1.54, 1.807) is 6.07 Å². The number of piperazine rings is 1. The minimum absolute atomic E-state index is 0.131. The van der Waals surface area contributed by atoms with E-state index in [2.05, 4.69) is 21.2 Å². The summed E-state index contributed by atoms with van der Waals surface area (Å²) in [6.07, 6.45) is 1.84. The Hall–Kier alpha value is -1.34. The summed E-state index contributed by atoms with van der Waals surface area (Å²) >= 11 is 3.37. The van der Waals surface area contributed by atoms with Crippen LogP contribution in [0, 0.1) is 0 Å². The molecular weight excluding hydrogens is 326 g/mol. The van der Waals surface area contributed by atoms with Gasteiger partial charge < -0.3 is 19.9 Å². The van der Waals surface area contributed by atoms with E-state index < -0.39 is 12.0 Å². The van der Waals surface area contributed by atoms with Crippen molar-refractivity contribution < 1.29 is 14.7 Å². The summed E-state index contributed by atoms with van der Waals surface area (Å²) in [5.41, 5.74) is 0.514. The number of carbonyl (C=O) groups is 2. The van der Waals surface area contributed by atoms with Crippen molar-refractivity contribution in [2.45, 2.75) is 25.9 Å². The lowest BCUT2D eigenvalue weighted by Crippen LogP contribution is -2.57. The number of nitrogens with one attached hydrogen (secondary N) is 1. The van der Waals surface area contributed by atoms with Crippen LogP contribution < -0.4 is 5.32 Å². The fourth-order valence-electron chi connectivity index (χ4n) is 2.36. The minimum Gasteiger partial charge on any atom is -0.480 e. The first-order chi connectivity index (χ1) is 9.41. The largest absolute Gasteiger partial charge is 0.480 e. The van der Waals surface area contributed by atoms with Gasteiger partial charge in [-0.05, 0) is 35.8 Å². The Balaban J connectivity index is 2.32. The third-order valence-electron chi connectivity index (χ3n) is 3.38. The molecule has 0 saturated carbocycles. The molecule has 0 aliphatic carbocycles. The molecule has 1 unspecified atom stereocenters. The zero-order valence-electron chi connectivity index (χ0n) is 11.5. The van der Waals surface area contributed by atoms with Crippen LogP contribution in [0.15, 0.2) is 16.7 Å². The lowest BCUT2D eigenvalue weighted by atomic mass is 10.1. The number of hydrogen-bond donors (Lipinski definition) is 2. The van der Waals surface area contributed by atoms with Crippen molar-refractivity contribution in [3.8, 4) is 0 Å². The van der Waals surface area contributed by atoms with Crippen molar-refractivity contribution in [2.24, 2.45) is 0 Å². The van der Waals surface area contributed by atoms with E-state index >= 15 is 0 Å². The van der Waals surface area contributed by atoms with E-state index in [-0.39, 0.29) is 18.5 Å². The molecule has 1 saturated heterocycles. The highest BCUT2D eigenvalue weighted by Crippen LogP contribution is 2.22. The van der Waals surface area contributed by atoms with Crippen molar-refractivity contribution in [3.05, 3.63) is 22.4 Å². The molecule has 2 heterocycles. The molecule has 0 spiro atoms. The molecule has 1 atom stereocenters. The van der Waals surface area contributed by atoms with E-state index in [0.29, 0.717) is 18.8 Å². The average molecular weight is 344 g/mol. The summed E-state index contributed by atoms with van der Waals surface area (Å²) < 4.78 is 2.67. The number of nitrogens with zero attached hydrogens (tertiary/aromatic N) is 2. The monoisotopic (exact) mass is 343 g/mol. The van der Waals surface area contributed by atoms with Gasteiger partial charge in [0.05, 0.1) is 0 Å². The predicted molar refractivity (Wildman–Crippen MR) is 77.8 cm³/mol. The molecule has 1 aromatic heterocycles. The predicted octanol–water partition coefficient (Wildman–Crippen LogP) is 1.33. The maximum atomic E-state index is 12.6. The second kappa shape index (κ2) is 5.97. The van der Waals surface area contributed by atoms with E-state index in [4.69, 9.17) is 0 Å². The Morgan fingerprint density at radius 1 is 1.50 bits per heavy atom. The van der Waals surface area contributed by atoms with Crippen molar-refractivity contribution in [1.29, 1.82) is 0 Å². The summed E-state index contributed by atoms with van der Waals surface area (Å²) in [4.78, 5) is 25.4. The van der Waals surface area contributed by atoms with Crippen LogP contribution in [0.3, 0.4) is 0 Å². The molecule has 6 nitrogen and oxygen atoms in total. The number of carboxylic acids is 1. The van der Waals surface area contributed by atoms with Gasteiger partial charge >= 0.3 is 5.97 Å². The molecule has 0 bridgehead atoms. The van der Waals surface area contributed by atoms with Crippen LogP contribution in [-0.4, -0.2) is 52.1 Å². The number of hydrogen-bond acceptors (Lipinski definition) is 3. The maximum Gasteiger partial charge on any atom is 0.327 e. The lowest BCUT2D eigenvalue weighted by Gasteiger charge is -2.33. The highest BCUT2D eigenvalue weighted by Gasteiger charge is 2.33. The molecule has 20 heavy (non-hydrogen) atoms.